The number of aryl methyl sites for hydroxylation is 3. The minimum atomic E-state index is -0.487. The number of hydrogen-bond acceptors (Lipinski definition) is 6. The van der Waals surface area contributed by atoms with Crippen LogP contribution in [0.5, 0.6) is 0 Å². The van der Waals surface area contributed by atoms with E-state index >= 15 is 0 Å². The van der Waals surface area contributed by atoms with Crippen molar-refractivity contribution in [2.75, 3.05) is 11.9 Å². The first-order valence-corrected chi connectivity index (χ1v) is 11.6. The Hall–Kier alpha value is -2.99. The second-order valence-corrected chi connectivity index (χ2v) is 9.50. The summed E-state index contributed by atoms with van der Waals surface area (Å²) in [6, 6.07) is 10.5. The molecule has 1 aliphatic carbocycles. The molecule has 3 aromatic rings. The molecule has 33 heavy (non-hydrogen) atoms. The van der Waals surface area contributed by atoms with Gasteiger partial charge in [-0.05, 0) is 98.0 Å². The number of nitro benzene ring substituents is 1. The number of nitro groups is 1. The Balaban J connectivity index is 1.79. The highest BCUT2D eigenvalue weighted by Gasteiger charge is 2.26. The molecule has 0 atom stereocenters. The highest BCUT2D eigenvalue weighted by atomic mass is 127. The molecule has 0 spiro atoms. The van der Waals surface area contributed by atoms with Gasteiger partial charge in [-0.3, -0.25) is 19.7 Å². The number of amides is 1. The van der Waals surface area contributed by atoms with Crippen LogP contribution in [0.25, 0.3) is 5.69 Å². The molecule has 1 saturated carbocycles. The Morgan fingerprint density at radius 3 is 2.58 bits per heavy atom. The maximum absolute atomic E-state index is 13.1. The lowest BCUT2D eigenvalue weighted by Gasteiger charge is -2.16. The Morgan fingerprint density at radius 2 is 1.97 bits per heavy atom. The number of benzene rings is 2. The van der Waals surface area contributed by atoms with Gasteiger partial charge in [0.1, 0.15) is 5.69 Å². The summed E-state index contributed by atoms with van der Waals surface area (Å²) in [5.74, 6) is -0.0153. The molecule has 1 heterocycles. The van der Waals surface area contributed by atoms with Crippen molar-refractivity contribution in [1.82, 2.24) is 15.3 Å². The van der Waals surface area contributed by atoms with Gasteiger partial charge in [0.25, 0.3) is 11.6 Å². The van der Waals surface area contributed by atoms with E-state index in [0.717, 1.165) is 39.1 Å². The fourth-order valence-electron chi connectivity index (χ4n) is 3.53. The SMILES string of the molecule is Cc1cc(C)n(-c2cc(C(=O)NOCC3CC3)c(Nc3ccc(I)cc3C)cc2[N+](=O)[O-])n1. The van der Waals surface area contributed by atoms with Crippen LogP contribution < -0.4 is 10.8 Å². The lowest BCUT2D eigenvalue weighted by molar-refractivity contribution is -0.384. The van der Waals surface area contributed by atoms with Crippen LogP contribution >= 0.6 is 22.6 Å². The molecule has 9 nitrogen and oxygen atoms in total. The van der Waals surface area contributed by atoms with E-state index in [0.29, 0.717) is 18.2 Å². The van der Waals surface area contributed by atoms with E-state index < -0.39 is 10.8 Å². The summed E-state index contributed by atoms with van der Waals surface area (Å²) in [5.41, 5.74) is 6.20. The molecule has 0 unspecified atom stereocenters. The monoisotopic (exact) mass is 561 g/mol. The number of hydrogen-bond donors (Lipinski definition) is 2. The smallest absolute Gasteiger partial charge is 0.297 e. The van der Waals surface area contributed by atoms with Crippen LogP contribution in [0, 0.1) is 40.4 Å². The molecule has 1 aliphatic rings. The van der Waals surface area contributed by atoms with Gasteiger partial charge in [-0.15, -0.1) is 0 Å². The minimum Gasteiger partial charge on any atom is -0.354 e. The average molecular weight is 561 g/mol. The Bertz CT molecular complexity index is 1240. The second-order valence-electron chi connectivity index (χ2n) is 8.25. The molecule has 1 aromatic heterocycles. The first kappa shape index (κ1) is 23.2. The number of carbonyl (C=O) groups is 1. The normalized spacial score (nSPS) is 13.1. The number of carbonyl (C=O) groups excluding carboxylic acids is 1. The van der Waals surface area contributed by atoms with Gasteiger partial charge in [-0.2, -0.15) is 5.10 Å². The van der Waals surface area contributed by atoms with Crippen LogP contribution in [0.2, 0.25) is 0 Å². The predicted octanol–water partition coefficient (Wildman–Crippen LogP) is 5.13. The number of anilines is 2. The molecule has 0 bridgehead atoms. The number of nitrogens with one attached hydrogen (secondary N) is 2. The quantitative estimate of drug-likeness (QED) is 0.224. The second kappa shape index (κ2) is 9.48. The van der Waals surface area contributed by atoms with Crippen LogP contribution in [0.15, 0.2) is 36.4 Å². The van der Waals surface area contributed by atoms with E-state index in [2.05, 4.69) is 38.5 Å². The highest BCUT2D eigenvalue weighted by molar-refractivity contribution is 14.1. The predicted molar refractivity (Wildman–Crippen MR) is 133 cm³/mol. The molecule has 172 valence electrons. The lowest BCUT2D eigenvalue weighted by Crippen LogP contribution is -2.26. The topological polar surface area (TPSA) is 111 Å². The first-order valence-electron chi connectivity index (χ1n) is 10.5. The molecule has 2 aromatic carbocycles. The van der Waals surface area contributed by atoms with E-state index in [9.17, 15) is 14.9 Å². The van der Waals surface area contributed by atoms with E-state index in [1.165, 1.54) is 16.8 Å². The molecular weight excluding hydrogens is 537 g/mol. The third kappa shape index (κ3) is 5.33. The number of hydroxylamine groups is 1. The Kier molecular flexibility index (Phi) is 6.66. The van der Waals surface area contributed by atoms with Crippen LogP contribution in [-0.2, 0) is 4.84 Å². The molecule has 2 N–H and O–H groups in total. The van der Waals surface area contributed by atoms with Crippen LogP contribution in [0.4, 0.5) is 17.1 Å². The van der Waals surface area contributed by atoms with Gasteiger partial charge in [0.15, 0.2) is 0 Å². The molecule has 0 aliphatic heterocycles. The van der Waals surface area contributed by atoms with Gasteiger partial charge in [0.2, 0.25) is 0 Å². The zero-order chi connectivity index (χ0) is 23.7. The van der Waals surface area contributed by atoms with Gasteiger partial charge >= 0.3 is 0 Å². The first-order chi connectivity index (χ1) is 15.7. The fourth-order valence-corrected chi connectivity index (χ4v) is 4.18. The number of rotatable bonds is 8. The average Bonchev–Trinajstić information content (AvgIpc) is 3.51. The van der Waals surface area contributed by atoms with Crippen molar-refractivity contribution >= 4 is 45.6 Å². The summed E-state index contributed by atoms with van der Waals surface area (Å²) in [6.07, 6.45) is 2.18. The largest absolute Gasteiger partial charge is 0.354 e. The summed E-state index contributed by atoms with van der Waals surface area (Å²) in [6.45, 7) is 6.00. The van der Waals surface area contributed by atoms with Gasteiger partial charge in [0, 0.05) is 21.0 Å². The fraction of sp³-hybridized carbons (Fsp3) is 0.304. The van der Waals surface area contributed by atoms with E-state index in [4.69, 9.17) is 4.84 Å². The molecule has 0 saturated heterocycles. The molecule has 0 radical (unpaired) electrons. The van der Waals surface area contributed by atoms with Crippen molar-refractivity contribution in [2.45, 2.75) is 33.6 Å². The zero-order valence-corrected chi connectivity index (χ0v) is 20.7. The third-order valence-corrected chi connectivity index (χ3v) is 6.10. The van der Waals surface area contributed by atoms with Crippen molar-refractivity contribution < 1.29 is 14.6 Å². The maximum Gasteiger partial charge on any atom is 0.297 e. The number of aromatic nitrogens is 2. The van der Waals surface area contributed by atoms with Crippen LogP contribution in [0.1, 0.15) is 40.2 Å². The van der Waals surface area contributed by atoms with Gasteiger partial charge in [-0.1, -0.05) is 0 Å². The molecule has 1 amide bonds. The summed E-state index contributed by atoms with van der Waals surface area (Å²) < 4.78 is 2.54. The van der Waals surface area contributed by atoms with Crippen LogP contribution in [-0.4, -0.2) is 27.2 Å². The summed E-state index contributed by atoms with van der Waals surface area (Å²) in [4.78, 5) is 30.0. The molecule has 1 fully saturated rings. The lowest BCUT2D eigenvalue weighted by atomic mass is 10.1. The van der Waals surface area contributed by atoms with Crippen molar-refractivity contribution in [3.8, 4) is 5.69 Å². The number of halogens is 1. The van der Waals surface area contributed by atoms with Gasteiger partial charge in [-0.25, -0.2) is 10.2 Å². The maximum atomic E-state index is 13.1. The van der Waals surface area contributed by atoms with E-state index in [1.54, 1.807) is 0 Å². The highest BCUT2D eigenvalue weighted by Crippen LogP contribution is 2.34. The zero-order valence-electron chi connectivity index (χ0n) is 18.5. The van der Waals surface area contributed by atoms with Crippen molar-refractivity contribution in [1.29, 1.82) is 0 Å². The number of nitrogens with zero attached hydrogens (tertiary/aromatic N) is 3. The van der Waals surface area contributed by atoms with Crippen molar-refractivity contribution in [2.24, 2.45) is 5.92 Å². The minimum absolute atomic E-state index is 0.165. The van der Waals surface area contributed by atoms with E-state index in [1.807, 2.05) is 45.0 Å². The summed E-state index contributed by atoms with van der Waals surface area (Å²) in [5, 5.41) is 19.6. The Morgan fingerprint density at radius 1 is 1.21 bits per heavy atom. The van der Waals surface area contributed by atoms with Crippen molar-refractivity contribution in [3.05, 3.63) is 72.6 Å². The summed E-state index contributed by atoms with van der Waals surface area (Å²) in [7, 11) is 0. The molecule has 10 heteroatoms. The van der Waals surface area contributed by atoms with Gasteiger partial charge in [0.05, 0.1) is 28.5 Å². The summed E-state index contributed by atoms with van der Waals surface area (Å²) >= 11 is 2.22. The standard InChI is InChI=1S/C23H24IN5O4/c1-13-8-17(24)6-7-19(13)25-20-11-22(29(31)32)21(28-15(3)9-14(2)26-28)10-18(20)23(30)27-33-12-16-4-5-16/h6-11,16,25H,4-5,12H2,1-3H3,(H,27,30). The molecular formula is C23H24IN5O4. The Labute approximate surface area is 204 Å². The third-order valence-electron chi connectivity index (χ3n) is 5.43. The van der Waals surface area contributed by atoms with Crippen LogP contribution in [0.3, 0.4) is 0 Å². The van der Waals surface area contributed by atoms with E-state index in [-0.39, 0.29) is 16.9 Å². The molecule has 4 rings (SSSR count). The van der Waals surface area contributed by atoms with Crippen molar-refractivity contribution in [3.63, 3.8) is 0 Å². The van der Waals surface area contributed by atoms with Gasteiger partial charge < -0.3 is 5.32 Å².